The van der Waals surface area contributed by atoms with Crippen molar-refractivity contribution in [3.8, 4) is 6.01 Å². The molecule has 0 radical (unpaired) electrons. The molecule has 3 aliphatic rings. The third-order valence-electron chi connectivity index (χ3n) is 8.67. The predicted octanol–water partition coefficient (Wildman–Crippen LogP) is 4.73. The summed E-state index contributed by atoms with van der Waals surface area (Å²) in [5, 5.41) is 0. The van der Waals surface area contributed by atoms with Gasteiger partial charge in [0.2, 0.25) is 6.54 Å². The van der Waals surface area contributed by atoms with Crippen molar-refractivity contribution < 1.29 is 31.5 Å². The molecular weight excluding hydrogens is 597 g/mol. The number of anilines is 2. The van der Waals surface area contributed by atoms with Crippen LogP contribution in [-0.4, -0.2) is 91.2 Å². The van der Waals surface area contributed by atoms with Gasteiger partial charge >= 0.3 is 12.2 Å². The van der Waals surface area contributed by atoms with Crippen LogP contribution in [0.5, 0.6) is 6.01 Å². The standard InChI is InChI=1S/C31H36F5N7O2/c1-19-13-22-25(16-43(19)26-23(31(34,35)36)7-6-8-24(26)33)38-29(45-18-30(9-10-30)17-40(4)5)39-27(22)41-11-12-42(28(44)20(2)32)21(15-41)14-37-3/h6-8,19,21H,2,9-18H2,1,4-5H3/t19-,21+/m1/s1. The minimum absolute atomic E-state index is 0.0465. The van der Waals surface area contributed by atoms with Crippen molar-refractivity contribution in [3.63, 3.8) is 0 Å². The molecule has 0 bridgehead atoms. The lowest BCUT2D eigenvalue weighted by molar-refractivity contribution is -0.137. The molecular formula is C31H36F5N7O2. The Hall–Kier alpha value is -3.99. The number of carbonyl (C=O) groups excluding carboxylic acids is 1. The van der Waals surface area contributed by atoms with E-state index in [2.05, 4.69) is 21.3 Å². The molecule has 9 nitrogen and oxygen atoms in total. The van der Waals surface area contributed by atoms with Crippen molar-refractivity contribution in [2.75, 3.05) is 63.2 Å². The zero-order chi connectivity index (χ0) is 32.7. The number of para-hydroxylation sites is 1. The van der Waals surface area contributed by atoms with Crippen molar-refractivity contribution in [2.24, 2.45) is 5.41 Å². The van der Waals surface area contributed by atoms with E-state index in [-0.39, 0.29) is 50.6 Å². The Labute approximate surface area is 259 Å². The summed E-state index contributed by atoms with van der Waals surface area (Å²) in [7, 11) is 3.95. The summed E-state index contributed by atoms with van der Waals surface area (Å²) >= 11 is 0. The van der Waals surface area contributed by atoms with Crippen LogP contribution in [0.3, 0.4) is 0 Å². The second-order valence-electron chi connectivity index (χ2n) is 12.4. The van der Waals surface area contributed by atoms with Gasteiger partial charge in [0.1, 0.15) is 17.7 Å². The van der Waals surface area contributed by atoms with Gasteiger partial charge in [-0.15, -0.1) is 0 Å². The molecule has 45 heavy (non-hydrogen) atoms. The second kappa shape index (κ2) is 12.4. The van der Waals surface area contributed by atoms with Crippen LogP contribution in [0.1, 0.15) is 36.6 Å². The van der Waals surface area contributed by atoms with Gasteiger partial charge in [0.25, 0.3) is 5.91 Å². The van der Waals surface area contributed by atoms with Crippen molar-refractivity contribution in [1.29, 1.82) is 0 Å². The van der Waals surface area contributed by atoms with E-state index in [0.717, 1.165) is 37.6 Å². The summed E-state index contributed by atoms with van der Waals surface area (Å²) in [5.74, 6) is -2.49. The highest BCUT2D eigenvalue weighted by Gasteiger charge is 2.45. The van der Waals surface area contributed by atoms with Crippen LogP contribution in [0, 0.1) is 17.8 Å². The molecule has 242 valence electrons. The van der Waals surface area contributed by atoms with Crippen molar-refractivity contribution in [2.45, 2.75) is 51.0 Å². The Balaban J connectivity index is 1.53. The number of hydrogen-bond donors (Lipinski definition) is 0. The van der Waals surface area contributed by atoms with Crippen LogP contribution >= 0.6 is 0 Å². The Morgan fingerprint density at radius 2 is 1.98 bits per heavy atom. The second-order valence-corrected chi connectivity index (χ2v) is 12.4. The zero-order valence-electron chi connectivity index (χ0n) is 25.5. The van der Waals surface area contributed by atoms with Crippen LogP contribution in [0.15, 0.2) is 30.6 Å². The van der Waals surface area contributed by atoms with Crippen molar-refractivity contribution in [1.82, 2.24) is 19.8 Å². The first-order chi connectivity index (χ1) is 21.2. The molecule has 1 aliphatic carbocycles. The van der Waals surface area contributed by atoms with Crippen LogP contribution in [0.4, 0.5) is 33.5 Å². The molecule has 1 aromatic heterocycles. The predicted molar refractivity (Wildman–Crippen MR) is 158 cm³/mol. The lowest BCUT2D eigenvalue weighted by Gasteiger charge is -2.42. The average Bonchev–Trinajstić information content (AvgIpc) is 3.73. The molecule has 0 spiro atoms. The maximum Gasteiger partial charge on any atom is 0.418 e. The first-order valence-electron chi connectivity index (χ1n) is 14.8. The molecule has 1 saturated heterocycles. The number of nitrogens with zero attached hydrogens (tertiary/aromatic N) is 7. The molecule has 0 N–H and O–H groups in total. The smallest absolute Gasteiger partial charge is 0.418 e. The Kier molecular flexibility index (Phi) is 8.95. The van der Waals surface area contributed by atoms with Gasteiger partial charge in [0, 0.05) is 43.2 Å². The van der Waals surface area contributed by atoms with Crippen LogP contribution < -0.4 is 14.5 Å². The van der Waals surface area contributed by atoms with Gasteiger partial charge in [-0.2, -0.15) is 23.1 Å². The van der Waals surface area contributed by atoms with E-state index in [9.17, 15) is 22.4 Å². The zero-order valence-corrected chi connectivity index (χ0v) is 25.5. The highest BCUT2D eigenvalue weighted by molar-refractivity contribution is 5.91. The first-order valence-corrected chi connectivity index (χ1v) is 14.8. The molecule has 2 aromatic rings. The summed E-state index contributed by atoms with van der Waals surface area (Å²) in [6.07, 6.45) is -2.63. The van der Waals surface area contributed by atoms with Gasteiger partial charge in [-0.1, -0.05) is 12.6 Å². The maximum atomic E-state index is 15.1. The van der Waals surface area contributed by atoms with Gasteiger partial charge in [-0.25, -0.2) is 15.4 Å². The van der Waals surface area contributed by atoms with E-state index in [1.807, 2.05) is 19.0 Å². The lowest BCUT2D eigenvalue weighted by atomic mass is 9.96. The highest BCUT2D eigenvalue weighted by Crippen LogP contribution is 2.46. The number of ether oxygens (including phenoxy) is 1. The van der Waals surface area contributed by atoms with E-state index in [0.29, 0.717) is 23.7 Å². The highest BCUT2D eigenvalue weighted by atomic mass is 19.4. The quantitative estimate of drug-likeness (QED) is 0.225. The van der Waals surface area contributed by atoms with Gasteiger partial charge in [0.05, 0.1) is 30.1 Å². The van der Waals surface area contributed by atoms with E-state index in [4.69, 9.17) is 16.3 Å². The Morgan fingerprint density at radius 1 is 1.24 bits per heavy atom. The summed E-state index contributed by atoms with van der Waals surface area (Å²) in [6.45, 7) is 13.7. The Morgan fingerprint density at radius 3 is 2.60 bits per heavy atom. The Bertz CT molecular complexity index is 1500. The molecule has 2 fully saturated rings. The van der Waals surface area contributed by atoms with Crippen LogP contribution in [-0.2, 0) is 23.9 Å². The SMILES string of the molecule is [C-]#[N+]C[C@H]1CN(c2nc(OCC3(CN(C)C)CC3)nc3c2C[C@@H](C)N(c2c(F)cccc2C(F)(F)F)C3)CCN1C(=O)C(=C)F. The van der Waals surface area contributed by atoms with Gasteiger partial charge in [-0.05, 0) is 52.4 Å². The minimum Gasteiger partial charge on any atom is -0.463 e. The number of piperazine rings is 1. The summed E-state index contributed by atoms with van der Waals surface area (Å²) in [6, 6.07) is 1.76. The van der Waals surface area contributed by atoms with Crippen molar-refractivity contribution in [3.05, 3.63) is 64.7 Å². The molecule has 5 rings (SSSR count). The summed E-state index contributed by atoms with van der Waals surface area (Å²) in [5.41, 5.74) is -0.592. The number of benzene rings is 1. The summed E-state index contributed by atoms with van der Waals surface area (Å²) < 4.78 is 77.0. The van der Waals surface area contributed by atoms with Gasteiger partial charge in [-0.3, -0.25) is 4.79 Å². The third-order valence-corrected chi connectivity index (χ3v) is 8.67. The molecule has 3 heterocycles. The van der Waals surface area contributed by atoms with Crippen LogP contribution in [0.25, 0.3) is 4.85 Å². The molecule has 14 heteroatoms. The number of carbonyl (C=O) groups is 1. The van der Waals surface area contributed by atoms with E-state index in [1.165, 1.54) is 9.80 Å². The molecule has 0 unspecified atom stereocenters. The van der Waals surface area contributed by atoms with Crippen molar-refractivity contribution >= 4 is 17.4 Å². The fraction of sp³-hybridized carbons (Fsp3) is 0.548. The number of halogens is 5. The van der Waals surface area contributed by atoms with Crippen LogP contribution in [0.2, 0.25) is 0 Å². The average molecular weight is 634 g/mol. The molecule has 1 saturated carbocycles. The van der Waals surface area contributed by atoms with E-state index in [1.54, 1.807) is 6.92 Å². The van der Waals surface area contributed by atoms with E-state index < -0.39 is 47.1 Å². The monoisotopic (exact) mass is 633 g/mol. The molecule has 2 aliphatic heterocycles. The number of rotatable bonds is 9. The third kappa shape index (κ3) is 6.83. The molecule has 1 aromatic carbocycles. The molecule has 2 atom stereocenters. The number of hydrogen-bond acceptors (Lipinski definition) is 7. The summed E-state index contributed by atoms with van der Waals surface area (Å²) in [4.78, 5) is 31.9. The normalized spacial score (nSPS) is 20.9. The minimum atomic E-state index is -4.77. The number of aromatic nitrogens is 2. The van der Waals surface area contributed by atoms with Gasteiger partial charge in [0.15, 0.2) is 5.83 Å². The number of alkyl halides is 3. The lowest BCUT2D eigenvalue weighted by Crippen LogP contribution is -2.57. The van der Waals surface area contributed by atoms with E-state index >= 15 is 4.39 Å². The number of fused-ring (bicyclic) bond motifs is 1. The maximum absolute atomic E-state index is 15.1. The molecule has 1 amide bonds. The topological polar surface area (TPSA) is 69.4 Å². The first kappa shape index (κ1) is 32.4. The number of amides is 1. The largest absolute Gasteiger partial charge is 0.463 e. The van der Waals surface area contributed by atoms with Gasteiger partial charge < -0.3 is 29.2 Å². The fourth-order valence-corrected chi connectivity index (χ4v) is 6.37. The fourth-order valence-electron chi connectivity index (χ4n) is 6.37.